The lowest BCUT2D eigenvalue weighted by atomic mass is 10.1. The van der Waals surface area contributed by atoms with Crippen molar-refractivity contribution >= 4 is 11.3 Å². The summed E-state index contributed by atoms with van der Waals surface area (Å²) in [5, 5.41) is 4.68. The van der Waals surface area contributed by atoms with Crippen molar-refractivity contribution in [3.8, 4) is 0 Å². The Morgan fingerprint density at radius 3 is 2.56 bits per heavy atom. The highest BCUT2D eigenvalue weighted by atomic mass is 32.1. The molecule has 1 N–H and O–H groups in total. The van der Waals surface area contributed by atoms with E-state index < -0.39 is 11.7 Å². The van der Waals surface area contributed by atoms with Crippen LogP contribution in [0.1, 0.15) is 37.1 Å². The average molecular weight is 249 g/mol. The lowest BCUT2D eigenvalue weighted by Crippen LogP contribution is -2.46. The SMILES string of the molecule is CCC(NC1(C(F)(F)F)CC1)c1cccs1. The molecule has 1 aromatic rings. The van der Waals surface area contributed by atoms with Crippen LogP contribution in [0.2, 0.25) is 0 Å². The third-order valence-electron chi connectivity index (χ3n) is 3.04. The molecule has 0 amide bonds. The van der Waals surface area contributed by atoms with Crippen LogP contribution in [0.3, 0.4) is 0 Å². The minimum Gasteiger partial charge on any atom is -0.296 e. The fourth-order valence-corrected chi connectivity index (χ4v) is 2.69. The summed E-state index contributed by atoms with van der Waals surface area (Å²) in [6.07, 6.45) is -3.03. The molecule has 1 atom stereocenters. The predicted octanol–water partition coefficient (Wildman–Crippen LogP) is 3.88. The number of nitrogens with one attached hydrogen (secondary N) is 1. The Balaban J connectivity index is 2.09. The van der Waals surface area contributed by atoms with E-state index in [0.29, 0.717) is 6.42 Å². The van der Waals surface area contributed by atoms with E-state index in [1.807, 2.05) is 24.4 Å². The van der Waals surface area contributed by atoms with Gasteiger partial charge in [0.05, 0.1) is 0 Å². The van der Waals surface area contributed by atoms with E-state index in [-0.39, 0.29) is 18.9 Å². The Bertz CT molecular complexity index is 341. The molecule has 1 saturated carbocycles. The van der Waals surface area contributed by atoms with E-state index in [2.05, 4.69) is 5.32 Å². The summed E-state index contributed by atoms with van der Waals surface area (Å²) in [5.74, 6) is 0. The summed E-state index contributed by atoms with van der Waals surface area (Å²) in [5.41, 5.74) is -1.61. The van der Waals surface area contributed by atoms with Gasteiger partial charge in [-0.25, -0.2) is 0 Å². The van der Waals surface area contributed by atoms with Crippen LogP contribution in [-0.4, -0.2) is 11.7 Å². The molecule has 0 aliphatic heterocycles. The number of hydrogen-bond donors (Lipinski definition) is 1. The minimum absolute atomic E-state index is 0.177. The van der Waals surface area contributed by atoms with Crippen LogP contribution in [0.5, 0.6) is 0 Å². The van der Waals surface area contributed by atoms with Gasteiger partial charge in [-0.2, -0.15) is 13.2 Å². The Morgan fingerprint density at radius 2 is 2.19 bits per heavy atom. The second-order valence-corrected chi connectivity index (χ2v) is 5.18. The highest BCUT2D eigenvalue weighted by Gasteiger charge is 2.63. The van der Waals surface area contributed by atoms with Crippen molar-refractivity contribution in [3.63, 3.8) is 0 Å². The molecule has 1 nitrogen and oxygen atoms in total. The van der Waals surface area contributed by atoms with E-state index >= 15 is 0 Å². The fourth-order valence-electron chi connectivity index (χ4n) is 1.83. The van der Waals surface area contributed by atoms with Gasteiger partial charge in [0.1, 0.15) is 5.54 Å². The first-order valence-electron chi connectivity index (χ1n) is 5.36. The maximum absolute atomic E-state index is 12.8. The summed E-state index contributed by atoms with van der Waals surface area (Å²) in [6.45, 7) is 1.91. The molecule has 0 bridgehead atoms. The number of halogens is 3. The van der Waals surface area contributed by atoms with Crippen LogP contribution in [0.25, 0.3) is 0 Å². The van der Waals surface area contributed by atoms with Crippen molar-refractivity contribution in [3.05, 3.63) is 22.4 Å². The fraction of sp³-hybridized carbons (Fsp3) is 0.636. The lowest BCUT2D eigenvalue weighted by molar-refractivity contribution is -0.168. The summed E-state index contributed by atoms with van der Waals surface area (Å²) >= 11 is 1.50. The molecule has 1 aliphatic carbocycles. The summed E-state index contributed by atoms with van der Waals surface area (Å²) in [6, 6.07) is 3.58. The molecule has 90 valence electrons. The minimum atomic E-state index is -4.13. The van der Waals surface area contributed by atoms with Crippen LogP contribution in [0.15, 0.2) is 17.5 Å². The van der Waals surface area contributed by atoms with Gasteiger partial charge in [0.2, 0.25) is 0 Å². The van der Waals surface area contributed by atoms with Crippen molar-refractivity contribution < 1.29 is 13.2 Å². The molecule has 0 aromatic carbocycles. The standard InChI is InChI=1S/C11H14F3NS/c1-2-8(9-4-3-7-16-9)15-10(5-6-10)11(12,13)14/h3-4,7-8,15H,2,5-6H2,1H3. The van der Waals surface area contributed by atoms with Gasteiger partial charge < -0.3 is 0 Å². The molecule has 1 aliphatic rings. The third-order valence-corrected chi connectivity index (χ3v) is 4.02. The van der Waals surface area contributed by atoms with E-state index in [9.17, 15) is 13.2 Å². The van der Waals surface area contributed by atoms with Crippen molar-refractivity contribution in [1.82, 2.24) is 5.32 Å². The second kappa shape index (κ2) is 4.04. The maximum Gasteiger partial charge on any atom is 0.406 e. The largest absolute Gasteiger partial charge is 0.406 e. The molecule has 1 aromatic heterocycles. The highest BCUT2D eigenvalue weighted by Crippen LogP contribution is 2.50. The van der Waals surface area contributed by atoms with Gasteiger partial charge in [-0.1, -0.05) is 13.0 Å². The topological polar surface area (TPSA) is 12.0 Å². The van der Waals surface area contributed by atoms with E-state index in [1.165, 1.54) is 11.3 Å². The van der Waals surface area contributed by atoms with Crippen LogP contribution in [0, 0.1) is 0 Å². The van der Waals surface area contributed by atoms with Crippen molar-refractivity contribution in [1.29, 1.82) is 0 Å². The number of alkyl halides is 3. The number of rotatable bonds is 4. The Kier molecular flexibility index (Phi) is 3.01. The first-order chi connectivity index (χ1) is 7.48. The molecule has 1 fully saturated rings. The van der Waals surface area contributed by atoms with Gasteiger partial charge in [0.15, 0.2) is 0 Å². The maximum atomic E-state index is 12.8. The Morgan fingerprint density at radius 1 is 1.50 bits per heavy atom. The van der Waals surface area contributed by atoms with Crippen molar-refractivity contribution in [2.45, 2.75) is 43.9 Å². The first kappa shape index (κ1) is 11.9. The average Bonchev–Trinajstić information content (AvgIpc) is 2.81. The zero-order valence-corrected chi connectivity index (χ0v) is 9.79. The smallest absolute Gasteiger partial charge is 0.296 e. The zero-order valence-electron chi connectivity index (χ0n) is 8.97. The quantitative estimate of drug-likeness (QED) is 0.853. The van der Waals surface area contributed by atoms with E-state index in [0.717, 1.165) is 4.88 Å². The molecule has 2 rings (SSSR count). The van der Waals surface area contributed by atoms with Gasteiger partial charge in [-0.05, 0) is 30.7 Å². The van der Waals surface area contributed by atoms with Crippen molar-refractivity contribution in [2.24, 2.45) is 0 Å². The summed E-state index contributed by atoms with van der Waals surface area (Å²) in [4.78, 5) is 0.984. The summed E-state index contributed by atoms with van der Waals surface area (Å²) < 4.78 is 38.3. The molecule has 0 radical (unpaired) electrons. The predicted molar refractivity (Wildman–Crippen MR) is 58.5 cm³/mol. The van der Waals surface area contributed by atoms with E-state index in [4.69, 9.17) is 0 Å². The molecule has 16 heavy (non-hydrogen) atoms. The molecule has 5 heteroatoms. The van der Waals surface area contributed by atoms with Gasteiger partial charge in [-0.3, -0.25) is 5.32 Å². The summed E-state index contributed by atoms with van der Waals surface area (Å²) in [7, 11) is 0. The van der Waals surface area contributed by atoms with Crippen molar-refractivity contribution in [2.75, 3.05) is 0 Å². The third kappa shape index (κ3) is 2.11. The molecule has 1 heterocycles. The second-order valence-electron chi connectivity index (χ2n) is 4.20. The molecule has 0 spiro atoms. The highest BCUT2D eigenvalue weighted by molar-refractivity contribution is 7.10. The molecule has 1 unspecified atom stereocenters. The first-order valence-corrected chi connectivity index (χ1v) is 6.24. The van der Waals surface area contributed by atoms with Gasteiger partial charge in [-0.15, -0.1) is 11.3 Å². The molecular formula is C11H14F3NS. The van der Waals surface area contributed by atoms with Gasteiger partial charge in [0.25, 0.3) is 0 Å². The Labute approximate surface area is 96.7 Å². The van der Waals surface area contributed by atoms with Crippen LogP contribution in [0.4, 0.5) is 13.2 Å². The van der Waals surface area contributed by atoms with Crippen LogP contribution >= 0.6 is 11.3 Å². The molecule has 0 saturated heterocycles. The van der Waals surface area contributed by atoms with Crippen LogP contribution < -0.4 is 5.32 Å². The molecular weight excluding hydrogens is 235 g/mol. The zero-order chi connectivity index (χ0) is 11.8. The number of hydrogen-bond acceptors (Lipinski definition) is 2. The van der Waals surface area contributed by atoms with Crippen LogP contribution in [-0.2, 0) is 0 Å². The van der Waals surface area contributed by atoms with Gasteiger partial charge in [0, 0.05) is 10.9 Å². The monoisotopic (exact) mass is 249 g/mol. The normalized spacial score (nSPS) is 20.8. The van der Waals surface area contributed by atoms with E-state index in [1.54, 1.807) is 0 Å². The number of thiophene rings is 1. The van der Waals surface area contributed by atoms with Gasteiger partial charge >= 0.3 is 6.18 Å². The Hall–Kier alpha value is -0.550. The lowest BCUT2D eigenvalue weighted by Gasteiger charge is -2.26.